The molecule has 2 heterocycles. The van der Waals surface area contributed by atoms with E-state index in [1.807, 2.05) is 19.1 Å². The first-order chi connectivity index (χ1) is 17.9. The topological polar surface area (TPSA) is 89.0 Å². The minimum Gasteiger partial charge on any atom is -0.507 e. The van der Waals surface area contributed by atoms with E-state index in [2.05, 4.69) is 18.0 Å². The number of ether oxygens (including phenoxy) is 2. The number of aromatic nitrogens is 1. The Morgan fingerprint density at radius 3 is 2.35 bits per heavy atom. The SMILES string of the molecule is CCOc1ccc(/C(O)=C2\C(=O)C(=O)N(c3nc4ccc(CC)cc4s3)[C@@H]2c2ccc(OC)cc2)cc1. The number of carbonyl (C=O) groups is 2. The van der Waals surface area contributed by atoms with E-state index in [1.165, 1.54) is 16.2 Å². The summed E-state index contributed by atoms with van der Waals surface area (Å²) >= 11 is 1.35. The summed E-state index contributed by atoms with van der Waals surface area (Å²) in [5.41, 5.74) is 2.98. The zero-order valence-corrected chi connectivity index (χ0v) is 21.5. The molecule has 188 valence electrons. The molecule has 1 atom stereocenters. The third-order valence-corrected chi connectivity index (χ3v) is 7.39. The molecular formula is C29H26N2O5S. The standard InChI is InChI=1S/C29H26N2O5S/c1-4-17-6-15-22-23(16-17)37-29(30-22)31-25(18-7-11-20(35-3)12-8-18)24(27(33)28(31)34)26(32)19-9-13-21(14-10-19)36-5-2/h6-16,25,32H,4-5H2,1-3H3/b26-24+/t25-/m1/s1. The molecular weight excluding hydrogens is 488 g/mol. The molecule has 1 N–H and O–H groups in total. The van der Waals surface area contributed by atoms with Crippen molar-refractivity contribution in [2.75, 3.05) is 18.6 Å². The molecule has 3 aromatic carbocycles. The highest BCUT2D eigenvalue weighted by molar-refractivity contribution is 7.22. The number of anilines is 1. The van der Waals surface area contributed by atoms with Crippen LogP contribution < -0.4 is 14.4 Å². The summed E-state index contributed by atoms with van der Waals surface area (Å²) in [7, 11) is 1.57. The van der Waals surface area contributed by atoms with Gasteiger partial charge in [0.05, 0.1) is 35.5 Å². The molecule has 0 unspecified atom stereocenters. The van der Waals surface area contributed by atoms with Gasteiger partial charge in [0.15, 0.2) is 5.13 Å². The van der Waals surface area contributed by atoms with Gasteiger partial charge in [-0.25, -0.2) is 4.98 Å². The monoisotopic (exact) mass is 514 g/mol. The van der Waals surface area contributed by atoms with Gasteiger partial charge in [-0.3, -0.25) is 14.5 Å². The molecule has 0 saturated carbocycles. The normalized spacial score (nSPS) is 16.9. The molecule has 1 aliphatic heterocycles. The third kappa shape index (κ3) is 4.44. The Hall–Kier alpha value is -4.17. The molecule has 1 aliphatic rings. The number of methoxy groups -OCH3 is 1. The van der Waals surface area contributed by atoms with Crippen LogP contribution in [0.15, 0.2) is 72.3 Å². The fourth-order valence-electron chi connectivity index (χ4n) is 4.44. The average molecular weight is 515 g/mol. The van der Waals surface area contributed by atoms with E-state index in [4.69, 9.17) is 9.47 Å². The number of rotatable bonds is 7. The first-order valence-corrected chi connectivity index (χ1v) is 12.8. The van der Waals surface area contributed by atoms with Crippen molar-refractivity contribution < 1.29 is 24.2 Å². The smallest absolute Gasteiger partial charge is 0.301 e. The molecule has 7 nitrogen and oxygen atoms in total. The number of ketones is 1. The Bertz CT molecular complexity index is 1510. The van der Waals surface area contributed by atoms with Crippen molar-refractivity contribution in [3.63, 3.8) is 0 Å². The Balaban J connectivity index is 1.67. The maximum Gasteiger partial charge on any atom is 0.301 e. The predicted molar refractivity (Wildman–Crippen MR) is 144 cm³/mol. The Morgan fingerprint density at radius 1 is 1.00 bits per heavy atom. The summed E-state index contributed by atoms with van der Waals surface area (Å²) in [4.78, 5) is 32.9. The number of hydrogen-bond acceptors (Lipinski definition) is 7. The second-order valence-electron chi connectivity index (χ2n) is 8.55. The van der Waals surface area contributed by atoms with E-state index in [-0.39, 0.29) is 11.3 Å². The molecule has 0 spiro atoms. The highest BCUT2D eigenvalue weighted by Crippen LogP contribution is 2.44. The van der Waals surface area contributed by atoms with E-state index >= 15 is 0 Å². The number of amides is 1. The van der Waals surface area contributed by atoms with Crippen molar-refractivity contribution in [3.8, 4) is 11.5 Å². The summed E-state index contributed by atoms with van der Waals surface area (Å²) < 4.78 is 11.7. The molecule has 5 rings (SSSR count). The van der Waals surface area contributed by atoms with Crippen LogP contribution >= 0.6 is 11.3 Å². The fourth-order valence-corrected chi connectivity index (χ4v) is 5.50. The van der Waals surface area contributed by atoms with Crippen LogP contribution in [0.2, 0.25) is 0 Å². The number of carbonyl (C=O) groups excluding carboxylic acids is 2. The highest BCUT2D eigenvalue weighted by Gasteiger charge is 2.48. The third-order valence-electron chi connectivity index (χ3n) is 6.37. The lowest BCUT2D eigenvalue weighted by Gasteiger charge is -2.23. The average Bonchev–Trinajstić information content (AvgIpc) is 3.46. The number of aliphatic hydroxyl groups is 1. The first-order valence-electron chi connectivity index (χ1n) is 12.0. The van der Waals surface area contributed by atoms with Crippen molar-refractivity contribution >= 4 is 44.1 Å². The van der Waals surface area contributed by atoms with Crippen molar-refractivity contribution in [1.82, 2.24) is 4.98 Å². The van der Waals surface area contributed by atoms with Crippen molar-refractivity contribution in [1.29, 1.82) is 0 Å². The number of nitrogens with zero attached hydrogens (tertiary/aromatic N) is 2. The molecule has 1 fully saturated rings. The van der Waals surface area contributed by atoms with E-state index in [0.717, 1.165) is 22.2 Å². The van der Waals surface area contributed by atoms with E-state index < -0.39 is 17.7 Å². The molecule has 1 amide bonds. The van der Waals surface area contributed by atoms with Crippen LogP contribution in [-0.2, 0) is 16.0 Å². The minimum absolute atomic E-state index is 0.00725. The number of fused-ring (bicyclic) bond motifs is 1. The number of hydrogen-bond donors (Lipinski definition) is 1. The van der Waals surface area contributed by atoms with Gasteiger partial charge >= 0.3 is 5.91 Å². The van der Waals surface area contributed by atoms with Crippen LogP contribution in [0.5, 0.6) is 11.5 Å². The Labute approximate surface area is 218 Å². The number of Topliss-reactive ketones (excluding diaryl/α,β-unsaturated/α-hetero) is 1. The van der Waals surface area contributed by atoms with Crippen LogP contribution in [0, 0.1) is 0 Å². The summed E-state index contributed by atoms with van der Waals surface area (Å²) in [5, 5.41) is 11.7. The molecule has 37 heavy (non-hydrogen) atoms. The largest absolute Gasteiger partial charge is 0.507 e. The van der Waals surface area contributed by atoms with E-state index in [0.29, 0.717) is 34.4 Å². The van der Waals surface area contributed by atoms with Crippen LogP contribution in [-0.4, -0.2) is 35.5 Å². The van der Waals surface area contributed by atoms with Crippen molar-refractivity contribution in [2.24, 2.45) is 0 Å². The fraction of sp³-hybridized carbons (Fsp3) is 0.207. The summed E-state index contributed by atoms with van der Waals surface area (Å²) in [6, 6.07) is 19.0. The van der Waals surface area contributed by atoms with Crippen LogP contribution in [0.3, 0.4) is 0 Å². The molecule has 4 aromatic rings. The van der Waals surface area contributed by atoms with Crippen molar-refractivity contribution in [2.45, 2.75) is 26.3 Å². The van der Waals surface area contributed by atoms with Gasteiger partial charge in [-0.05, 0) is 73.0 Å². The van der Waals surface area contributed by atoms with E-state index in [1.54, 1.807) is 55.6 Å². The lowest BCUT2D eigenvalue weighted by molar-refractivity contribution is -0.132. The predicted octanol–water partition coefficient (Wildman–Crippen LogP) is 5.89. The number of benzene rings is 3. The molecule has 8 heteroatoms. The lowest BCUT2D eigenvalue weighted by atomic mass is 9.95. The number of aryl methyl sites for hydroxylation is 1. The number of thiazole rings is 1. The van der Waals surface area contributed by atoms with Crippen LogP contribution in [0.25, 0.3) is 16.0 Å². The summed E-state index contributed by atoms with van der Waals surface area (Å²) in [6.45, 7) is 4.47. The van der Waals surface area contributed by atoms with Gasteiger partial charge in [0.1, 0.15) is 17.3 Å². The maximum atomic E-state index is 13.5. The Kier molecular flexibility index (Phi) is 6.67. The Morgan fingerprint density at radius 2 is 1.70 bits per heavy atom. The second-order valence-corrected chi connectivity index (χ2v) is 9.56. The zero-order valence-electron chi connectivity index (χ0n) is 20.7. The van der Waals surface area contributed by atoms with Gasteiger partial charge in [0.25, 0.3) is 5.78 Å². The zero-order chi connectivity index (χ0) is 26.1. The molecule has 0 aliphatic carbocycles. The quantitative estimate of drug-likeness (QED) is 0.188. The van der Waals surface area contributed by atoms with Crippen LogP contribution in [0.4, 0.5) is 5.13 Å². The summed E-state index contributed by atoms with van der Waals surface area (Å²) in [5.74, 6) is -0.464. The van der Waals surface area contributed by atoms with Gasteiger partial charge in [-0.1, -0.05) is 36.5 Å². The molecule has 0 bridgehead atoms. The van der Waals surface area contributed by atoms with Gasteiger partial charge in [-0.15, -0.1) is 0 Å². The van der Waals surface area contributed by atoms with E-state index in [9.17, 15) is 14.7 Å². The van der Waals surface area contributed by atoms with Gasteiger partial charge in [0, 0.05) is 5.56 Å². The van der Waals surface area contributed by atoms with Gasteiger partial charge in [-0.2, -0.15) is 0 Å². The molecule has 0 radical (unpaired) electrons. The van der Waals surface area contributed by atoms with Crippen LogP contribution in [0.1, 0.15) is 36.6 Å². The number of aliphatic hydroxyl groups excluding tert-OH is 1. The maximum absolute atomic E-state index is 13.5. The van der Waals surface area contributed by atoms with Gasteiger partial charge < -0.3 is 14.6 Å². The molecule has 1 aromatic heterocycles. The second kappa shape index (κ2) is 10.1. The first kappa shape index (κ1) is 24.5. The minimum atomic E-state index is -0.858. The highest BCUT2D eigenvalue weighted by atomic mass is 32.1. The molecule has 1 saturated heterocycles. The van der Waals surface area contributed by atoms with Gasteiger partial charge in [0.2, 0.25) is 0 Å². The lowest BCUT2D eigenvalue weighted by Crippen LogP contribution is -2.29. The van der Waals surface area contributed by atoms with Crippen molar-refractivity contribution in [3.05, 3.63) is 89.0 Å². The summed E-state index contributed by atoms with van der Waals surface area (Å²) in [6.07, 6.45) is 0.877.